The van der Waals surface area contributed by atoms with Gasteiger partial charge in [-0.1, -0.05) is 25.5 Å². The summed E-state index contributed by atoms with van der Waals surface area (Å²) in [5.74, 6) is 1.01. The zero-order chi connectivity index (χ0) is 13.0. The van der Waals surface area contributed by atoms with Gasteiger partial charge >= 0.3 is 0 Å². The van der Waals surface area contributed by atoms with Gasteiger partial charge in [0, 0.05) is 13.0 Å². The molecule has 0 spiro atoms. The molecule has 0 aliphatic carbocycles. The first-order chi connectivity index (χ1) is 8.76. The molecule has 3 nitrogen and oxygen atoms in total. The van der Waals surface area contributed by atoms with Crippen LogP contribution in [0.2, 0.25) is 0 Å². The Balaban J connectivity index is 2.13. The van der Waals surface area contributed by atoms with E-state index >= 15 is 0 Å². The molecule has 0 saturated heterocycles. The molecule has 0 amide bonds. The maximum Gasteiger partial charge on any atom is 0.122 e. The van der Waals surface area contributed by atoms with Gasteiger partial charge in [0.1, 0.15) is 5.75 Å². The molecule has 2 N–H and O–H groups in total. The summed E-state index contributed by atoms with van der Waals surface area (Å²) in [7, 11) is 0. The maximum absolute atomic E-state index is 6.34. The van der Waals surface area contributed by atoms with E-state index in [0.717, 1.165) is 37.2 Å². The Morgan fingerprint density at radius 3 is 2.94 bits per heavy atom. The zero-order valence-electron chi connectivity index (χ0n) is 11.3. The first-order valence-corrected chi connectivity index (χ1v) is 6.89. The molecule has 100 valence electrons. The van der Waals surface area contributed by atoms with Gasteiger partial charge in [-0.25, -0.2) is 0 Å². The van der Waals surface area contributed by atoms with Crippen LogP contribution < -0.4 is 10.5 Å². The highest BCUT2D eigenvalue weighted by atomic mass is 16.5. The van der Waals surface area contributed by atoms with Gasteiger partial charge in [0.05, 0.1) is 18.8 Å². The third kappa shape index (κ3) is 2.85. The molecule has 2 atom stereocenters. The predicted octanol–water partition coefficient (Wildman–Crippen LogP) is 2.83. The van der Waals surface area contributed by atoms with E-state index in [1.165, 1.54) is 5.56 Å². The van der Waals surface area contributed by atoms with Crippen LogP contribution in [-0.2, 0) is 11.2 Å². The van der Waals surface area contributed by atoms with Crippen molar-refractivity contribution >= 4 is 0 Å². The minimum absolute atomic E-state index is 0.0456. The largest absolute Gasteiger partial charge is 0.493 e. The first-order valence-electron chi connectivity index (χ1n) is 6.89. The number of benzene rings is 1. The van der Waals surface area contributed by atoms with Crippen molar-refractivity contribution in [2.75, 3.05) is 13.2 Å². The maximum atomic E-state index is 6.34. The normalized spacial score (nSPS) is 17.1. The second-order valence-corrected chi connectivity index (χ2v) is 4.77. The lowest BCUT2D eigenvalue weighted by Crippen LogP contribution is -2.29. The minimum Gasteiger partial charge on any atom is -0.493 e. The van der Waals surface area contributed by atoms with Crippen LogP contribution >= 0.6 is 0 Å². The van der Waals surface area contributed by atoms with Crippen LogP contribution in [0, 0.1) is 0 Å². The van der Waals surface area contributed by atoms with Crippen LogP contribution in [-0.4, -0.2) is 19.3 Å². The fraction of sp³-hybridized carbons (Fsp3) is 0.600. The predicted molar refractivity (Wildman–Crippen MR) is 72.9 cm³/mol. The third-order valence-electron chi connectivity index (χ3n) is 3.45. The van der Waals surface area contributed by atoms with Crippen LogP contribution in [0.25, 0.3) is 0 Å². The summed E-state index contributed by atoms with van der Waals surface area (Å²) in [5, 5.41) is 0. The first kappa shape index (κ1) is 13.4. The molecule has 1 aliphatic heterocycles. The van der Waals surface area contributed by atoms with Gasteiger partial charge < -0.3 is 15.2 Å². The minimum atomic E-state index is -0.0456. The third-order valence-corrected chi connectivity index (χ3v) is 3.45. The molecule has 2 unspecified atom stereocenters. The second kappa shape index (κ2) is 6.21. The molecular formula is C15H23NO2. The number of nitrogens with two attached hydrogens (primary N) is 1. The molecule has 1 aliphatic rings. The summed E-state index contributed by atoms with van der Waals surface area (Å²) in [6.45, 7) is 5.69. The van der Waals surface area contributed by atoms with E-state index in [-0.39, 0.29) is 12.1 Å². The fourth-order valence-electron chi connectivity index (χ4n) is 2.49. The van der Waals surface area contributed by atoms with Gasteiger partial charge in [-0.05, 0) is 30.5 Å². The number of hydrogen-bond donors (Lipinski definition) is 1. The van der Waals surface area contributed by atoms with E-state index in [1.807, 2.05) is 13.0 Å². The van der Waals surface area contributed by atoms with Crippen molar-refractivity contribution in [1.82, 2.24) is 0 Å². The second-order valence-electron chi connectivity index (χ2n) is 4.77. The molecule has 0 saturated carbocycles. The summed E-state index contributed by atoms with van der Waals surface area (Å²) in [6, 6.07) is 6.23. The number of rotatable bonds is 6. The number of ether oxygens (including phenoxy) is 2. The van der Waals surface area contributed by atoms with E-state index < -0.39 is 0 Å². The quantitative estimate of drug-likeness (QED) is 0.843. The molecule has 0 fully saturated rings. The van der Waals surface area contributed by atoms with Crippen molar-refractivity contribution in [3.05, 3.63) is 29.3 Å². The van der Waals surface area contributed by atoms with Crippen LogP contribution in [0.5, 0.6) is 5.75 Å². The van der Waals surface area contributed by atoms with Crippen molar-refractivity contribution in [3.8, 4) is 5.75 Å². The van der Waals surface area contributed by atoms with E-state index in [2.05, 4.69) is 19.1 Å². The van der Waals surface area contributed by atoms with Gasteiger partial charge in [-0.2, -0.15) is 0 Å². The Morgan fingerprint density at radius 2 is 2.22 bits per heavy atom. The smallest absolute Gasteiger partial charge is 0.122 e. The van der Waals surface area contributed by atoms with Crippen LogP contribution in [0.15, 0.2) is 18.2 Å². The van der Waals surface area contributed by atoms with E-state index in [4.69, 9.17) is 15.2 Å². The number of hydrogen-bond acceptors (Lipinski definition) is 3. The van der Waals surface area contributed by atoms with Crippen LogP contribution in [0.4, 0.5) is 0 Å². The van der Waals surface area contributed by atoms with Crippen molar-refractivity contribution in [2.45, 2.75) is 45.3 Å². The Bertz CT molecular complexity index is 386. The summed E-state index contributed by atoms with van der Waals surface area (Å²) in [6.07, 6.45) is 3.19. The van der Waals surface area contributed by atoms with E-state index in [9.17, 15) is 0 Å². The van der Waals surface area contributed by atoms with Crippen molar-refractivity contribution in [2.24, 2.45) is 5.73 Å². The van der Waals surface area contributed by atoms with Gasteiger partial charge in [0.25, 0.3) is 0 Å². The molecule has 1 aromatic rings. The lowest BCUT2D eigenvalue weighted by Gasteiger charge is -2.24. The molecular weight excluding hydrogens is 226 g/mol. The summed E-state index contributed by atoms with van der Waals surface area (Å²) in [4.78, 5) is 0. The molecule has 3 heteroatoms. The average Bonchev–Trinajstić information content (AvgIpc) is 2.84. The molecule has 18 heavy (non-hydrogen) atoms. The van der Waals surface area contributed by atoms with Crippen LogP contribution in [0.3, 0.4) is 0 Å². The van der Waals surface area contributed by atoms with Gasteiger partial charge in [-0.3, -0.25) is 0 Å². The topological polar surface area (TPSA) is 44.5 Å². The highest BCUT2D eigenvalue weighted by Gasteiger charge is 2.21. The summed E-state index contributed by atoms with van der Waals surface area (Å²) >= 11 is 0. The molecule has 0 radical (unpaired) electrons. The van der Waals surface area contributed by atoms with Gasteiger partial charge in [0.2, 0.25) is 0 Å². The summed E-state index contributed by atoms with van der Waals surface area (Å²) in [5.41, 5.74) is 8.77. The van der Waals surface area contributed by atoms with Crippen molar-refractivity contribution in [1.29, 1.82) is 0 Å². The molecule has 2 rings (SSSR count). The molecule has 0 aromatic heterocycles. The molecule has 0 bridgehead atoms. The fourth-order valence-corrected chi connectivity index (χ4v) is 2.49. The standard InChI is InChI=1S/C15H23NO2/c1-3-5-14(17-4-2)15(16)12-6-7-13-11(10-12)8-9-18-13/h6-7,10,14-15H,3-5,8-9,16H2,1-2H3. The van der Waals surface area contributed by atoms with Gasteiger partial charge in [-0.15, -0.1) is 0 Å². The monoisotopic (exact) mass is 249 g/mol. The Kier molecular flexibility index (Phi) is 4.61. The summed E-state index contributed by atoms with van der Waals surface area (Å²) < 4.78 is 11.3. The molecule has 1 heterocycles. The van der Waals surface area contributed by atoms with Crippen molar-refractivity contribution in [3.63, 3.8) is 0 Å². The zero-order valence-corrected chi connectivity index (χ0v) is 11.3. The Hall–Kier alpha value is -1.06. The van der Waals surface area contributed by atoms with Gasteiger partial charge in [0.15, 0.2) is 0 Å². The van der Waals surface area contributed by atoms with Crippen molar-refractivity contribution < 1.29 is 9.47 Å². The Morgan fingerprint density at radius 1 is 1.39 bits per heavy atom. The Labute approximate surface area is 109 Å². The number of fused-ring (bicyclic) bond motifs is 1. The van der Waals surface area contributed by atoms with E-state index in [1.54, 1.807) is 0 Å². The van der Waals surface area contributed by atoms with E-state index in [0.29, 0.717) is 6.61 Å². The highest BCUT2D eigenvalue weighted by Crippen LogP contribution is 2.29. The lowest BCUT2D eigenvalue weighted by atomic mass is 9.96. The highest BCUT2D eigenvalue weighted by molar-refractivity contribution is 5.41. The molecule has 1 aromatic carbocycles. The van der Waals surface area contributed by atoms with Crippen LogP contribution in [0.1, 0.15) is 43.9 Å². The SMILES string of the molecule is CCCC(OCC)C(N)c1ccc2c(c1)CCO2. The average molecular weight is 249 g/mol. The lowest BCUT2D eigenvalue weighted by molar-refractivity contribution is 0.0374.